The van der Waals surface area contributed by atoms with Crippen molar-refractivity contribution in [2.45, 2.75) is 22.6 Å². The molecule has 0 saturated carbocycles. The van der Waals surface area contributed by atoms with Crippen molar-refractivity contribution in [1.82, 2.24) is 0 Å². The molecule has 0 saturated heterocycles. The number of para-hydroxylation sites is 1. The Labute approximate surface area is 206 Å². The van der Waals surface area contributed by atoms with Crippen LogP contribution in [-0.2, 0) is 29.3 Å². The Balaban J connectivity index is 0.000000380. The Kier molecular flexibility index (Phi) is 9.14. The average molecular weight is 539 g/mol. The van der Waals surface area contributed by atoms with E-state index >= 15 is 0 Å². The van der Waals surface area contributed by atoms with Crippen molar-refractivity contribution in [3.8, 4) is 5.75 Å². The van der Waals surface area contributed by atoms with Gasteiger partial charge in [0, 0.05) is 10.8 Å². The first-order valence-electron chi connectivity index (χ1n) is 10.2. The molecule has 0 atom stereocenters. The molecule has 0 bridgehead atoms. The van der Waals surface area contributed by atoms with Crippen LogP contribution < -0.4 is 0 Å². The van der Waals surface area contributed by atoms with Crippen molar-refractivity contribution < 1.29 is 51.6 Å². The molecule has 3 aromatic rings. The molecule has 0 unspecified atom stereocenters. The summed E-state index contributed by atoms with van der Waals surface area (Å²) in [4.78, 5) is 31.3. The number of sulfone groups is 2. The number of rotatable bonds is 9. The van der Waals surface area contributed by atoms with E-state index in [-0.39, 0.29) is 31.9 Å². The van der Waals surface area contributed by atoms with E-state index in [9.17, 15) is 31.2 Å². The van der Waals surface area contributed by atoms with Gasteiger partial charge >= 0.3 is 17.9 Å². The van der Waals surface area contributed by atoms with Crippen LogP contribution in [0.5, 0.6) is 5.75 Å². The van der Waals surface area contributed by atoms with Crippen LogP contribution in [-0.4, -0.2) is 66.7 Å². The number of fused-ring (bicyclic) bond motifs is 1. The maximum Gasteiger partial charge on any atom is 0.339 e. The highest BCUT2D eigenvalue weighted by Gasteiger charge is 2.23. The van der Waals surface area contributed by atoms with E-state index in [2.05, 4.69) is 0 Å². The largest absolute Gasteiger partial charge is 0.507 e. The van der Waals surface area contributed by atoms with Gasteiger partial charge in [-0.1, -0.05) is 36.4 Å². The molecule has 0 spiro atoms. The fourth-order valence-corrected chi connectivity index (χ4v) is 6.04. The standard InChI is InChI=1S/C16H16O8S2.C7H6O3/c17-15(18)7-9-25(21,22)13-5-1-3-11-12(13)4-2-6-14(11)26(23,24)10-8-16(19)20;8-6-4-2-1-3-5(6)7(9)10/h1-6H,7-10H2,(H,17,18)(H,19,20);1-4,8H,(H,9,10). The minimum absolute atomic E-state index is 0.0671. The van der Waals surface area contributed by atoms with Crippen molar-refractivity contribution in [1.29, 1.82) is 0 Å². The van der Waals surface area contributed by atoms with E-state index in [1.807, 2.05) is 0 Å². The number of aromatic carboxylic acids is 1. The van der Waals surface area contributed by atoms with Crippen LogP contribution in [0.1, 0.15) is 23.2 Å². The van der Waals surface area contributed by atoms with Gasteiger partial charge in [0.15, 0.2) is 19.7 Å². The summed E-state index contributed by atoms with van der Waals surface area (Å²) in [6, 6.07) is 14.0. The van der Waals surface area contributed by atoms with Gasteiger partial charge in [0.25, 0.3) is 0 Å². The Morgan fingerprint density at radius 3 is 1.36 bits per heavy atom. The van der Waals surface area contributed by atoms with E-state index in [0.717, 1.165) is 0 Å². The Bertz CT molecular complexity index is 1420. The SMILES string of the molecule is O=C(O)CCS(=O)(=O)c1cccc2c(S(=O)(=O)CCC(=O)O)cccc12.O=C(O)c1ccccc1O. The van der Waals surface area contributed by atoms with Crippen LogP contribution in [0.2, 0.25) is 0 Å². The van der Waals surface area contributed by atoms with E-state index in [4.69, 9.17) is 20.4 Å². The predicted octanol–water partition coefficient (Wildman–Crippen LogP) is 2.43. The van der Waals surface area contributed by atoms with Crippen molar-refractivity contribution in [2.75, 3.05) is 11.5 Å². The molecule has 0 aliphatic carbocycles. The number of aromatic hydroxyl groups is 1. The molecular weight excluding hydrogens is 516 g/mol. The predicted molar refractivity (Wildman–Crippen MR) is 128 cm³/mol. The first kappa shape index (κ1) is 28.3. The monoisotopic (exact) mass is 538 g/mol. The summed E-state index contributed by atoms with van der Waals surface area (Å²) >= 11 is 0. The summed E-state index contributed by atoms with van der Waals surface area (Å²) in [6.07, 6.45) is -1.15. The number of hydrogen-bond donors (Lipinski definition) is 4. The molecule has 36 heavy (non-hydrogen) atoms. The lowest BCUT2D eigenvalue weighted by Gasteiger charge is -2.11. The van der Waals surface area contributed by atoms with E-state index in [1.165, 1.54) is 48.5 Å². The fraction of sp³-hybridized carbons (Fsp3) is 0.174. The first-order chi connectivity index (χ1) is 16.8. The zero-order valence-electron chi connectivity index (χ0n) is 18.6. The smallest absolute Gasteiger partial charge is 0.339 e. The average Bonchev–Trinajstić information content (AvgIpc) is 2.81. The molecule has 3 rings (SSSR count). The van der Waals surface area contributed by atoms with Gasteiger partial charge in [-0.2, -0.15) is 0 Å². The zero-order chi connectivity index (χ0) is 27.1. The topological polar surface area (TPSA) is 200 Å². The van der Waals surface area contributed by atoms with Gasteiger partial charge in [-0.3, -0.25) is 9.59 Å². The molecule has 0 heterocycles. The van der Waals surface area contributed by atoms with Crippen molar-refractivity contribution in [3.63, 3.8) is 0 Å². The normalized spacial score (nSPS) is 11.3. The molecule has 13 heteroatoms. The minimum Gasteiger partial charge on any atom is -0.507 e. The number of aliphatic carboxylic acids is 2. The van der Waals surface area contributed by atoms with E-state index < -0.39 is 61.9 Å². The Hall–Kier alpha value is -3.97. The Morgan fingerprint density at radius 1 is 0.611 bits per heavy atom. The van der Waals surface area contributed by atoms with Crippen molar-refractivity contribution in [2.24, 2.45) is 0 Å². The minimum atomic E-state index is -3.94. The lowest BCUT2D eigenvalue weighted by molar-refractivity contribution is -0.137. The Morgan fingerprint density at radius 2 is 1.03 bits per heavy atom. The molecule has 0 fully saturated rings. The second kappa shape index (κ2) is 11.6. The van der Waals surface area contributed by atoms with Crippen LogP contribution >= 0.6 is 0 Å². The molecular formula is C23H22O11S2. The molecule has 11 nitrogen and oxygen atoms in total. The summed E-state index contributed by atoms with van der Waals surface area (Å²) in [5.41, 5.74) is -0.0671. The van der Waals surface area contributed by atoms with Gasteiger partial charge in [0.1, 0.15) is 11.3 Å². The van der Waals surface area contributed by atoms with Gasteiger partial charge in [0.05, 0.1) is 34.1 Å². The highest BCUT2D eigenvalue weighted by atomic mass is 32.2. The van der Waals surface area contributed by atoms with Gasteiger partial charge in [-0.25, -0.2) is 21.6 Å². The summed E-state index contributed by atoms with van der Waals surface area (Å²) in [7, 11) is -7.88. The van der Waals surface area contributed by atoms with Gasteiger partial charge in [0.2, 0.25) is 0 Å². The zero-order valence-corrected chi connectivity index (χ0v) is 20.2. The number of carbonyl (C=O) groups is 3. The van der Waals surface area contributed by atoms with Crippen LogP contribution in [0.15, 0.2) is 70.5 Å². The van der Waals surface area contributed by atoms with Gasteiger partial charge in [-0.05, 0) is 24.3 Å². The molecule has 0 aliphatic heterocycles. The summed E-state index contributed by atoms with van der Waals surface area (Å²) < 4.78 is 49.7. The molecule has 0 amide bonds. The third-order valence-electron chi connectivity index (χ3n) is 4.82. The second-order valence-corrected chi connectivity index (χ2v) is 11.5. The molecule has 0 radical (unpaired) electrons. The number of carboxylic acids is 3. The molecule has 0 aliphatic rings. The third-order valence-corrected chi connectivity index (χ3v) is 8.35. The first-order valence-corrected chi connectivity index (χ1v) is 13.5. The number of carboxylic acid groups (broad SMARTS) is 3. The number of benzene rings is 3. The van der Waals surface area contributed by atoms with Crippen LogP contribution in [0.3, 0.4) is 0 Å². The maximum absolute atomic E-state index is 12.4. The number of phenols is 1. The van der Waals surface area contributed by atoms with Crippen LogP contribution in [0.4, 0.5) is 0 Å². The molecule has 4 N–H and O–H groups in total. The molecule has 0 aromatic heterocycles. The number of hydrogen-bond acceptors (Lipinski definition) is 8. The maximum atomic E-state index is 12.4. The van der Waals surface area contributed by atoms with Crippen LogP contribution in [0.25, 0.3) is 10.8 Å². The van der Waals surface area contributed by atoms with E-state index in [1.54, 1.807) is 12.1 Å². The summed E-state index contributed by atoms with van der Waals surface area (Å²) in [5.74, 6) is -5.06. The summed E-state index contributed by atoms with van der Waals surface area (Å²) in [5, 5.41) is 35.0. The van der Waals surface area contributed by atoms with E-state index in [0.29, 0.717) is 0 Å². The van der Waals surface area contributed by atoms with Gasteiger partial charge < -0.3 is 20.4 Å². The lowest BCUT2D eigenvalue weighted by Crippen LogP contribution is -2.13. The highest BCUT2D eigenvalue weighted by molar-refractivity contribution is 7.92. The quantitative estimate of drug-likeness (QED) is 0.312. The summed E-state index contributed by atoms with van der Waals surface area (Å²) in [6.45, 7) is 0. The lowest BCUT2D eigenvalue weighted by atomic mass is 10.1. The molecule has 3 aromatic carbocycles. The van der Waals surface area contributed by atoms with Crippen molar-refractivity contribution >= 4 is 48.4 Å². The van der Waals surface area contributed by atoms with Crippen molar-refractivity contribution in [3.05, 3.63) is 66.2 Å². The molecule has 192 valence electrons. The third kappa shape index (κ3) is 7.26. The fourth-order valence-electron chi connectivity index (χ4n) is 3.11. The highest BCUT2D eigenvalue weighted by Crippen LogP contribution is 2.30. The van der Waals surface area contributed by atoms with Gasteiger partial charge in [-0.15, -0.1) is 0 Å². The van der Waals surface area contributed by atoms with Crippen LogP contribution in [0, 0.1) is 0 Å². The second-order valence-electron chi connectivity index (χ2n) is 7.35.